The molecule has 484 valence electrons. The highest BCUT2D eigenvalue weighted by atomic mass is 16.6. The molecule has 1 saturated heterocycles. The maximum atomic E-state index is 14.2. The predicted octanol–water partition coefficient (Wildman–Crippen LogP) is 12.0. The van der Waals surface area contributed by atoms with Gasteiger partial charge in [0.25, 0.3) is 0 Å². The van der Waals surface area contributed by atoms with Gasteiger partial charge < -0.3 is 49.2 Å². The van der Waals surface area contributed by atoms with Crippen LogP contribution in [0.4, 0.5) is 0 Å². The minimum absolute atomic E-state index is 0.00106. The summed E-state index contributed by atoms with van der Waals surface area (Å²) < 4.78 is 26.9. The van der Waals surface area contributed by atoms with Crippen LogP contribution < -0.4 is 10.6 Å². The Bertz CT molecular complexity index is 1910. The van der Waals surface area contributed by atoms with Gasteiger partial charge in [-0.25, -0.2) is 0 Å². The van der Waals surface area contributed by atoms with Gasteiger partial charge in [0.2, 0.25) is 23.6 Å². The molecule has 3 N–H and O–H groups in total. The molecule has 6 unspecified atom stereocenters. The minimum atomic E-state index is -0.313. The molecule has 4 aliphatic carbocycles. The summed E-state index contributed by atoms with van der Waals surface area (Å²) in [7, 11) is 3.27. The van der Waals surface area contributed by atoms with Crippen LogP contribution in [-0.4, -0.2) is 156 Å². The lowest BCUT2D eigenvalue weighted by atomic mass is 9.44. The number of ether oxygens (including phenoxy) is 5. The molecule has 0 aromatic rings. The first-order chi connectivity index (χ1) is 40.8. The molecule has 4 saturated carbocycles. The Morgan fingerprint density at radius 1 is 0.643 bits per heavy atom. The smallest absolute Gasteiger partial charge is 0.239 e. The maximum absolute atomic E-state index is 14.2. The van der Waals surface area contributed by atoms with Crippen molar-refractivity contribution >= 4 is 29.4 Å². The van der Waals surface area contributed by atoms with Crippen molar-refractivity contribution in [3.63, 3.8) is 0 Å². The van der Waals surface area contributed by atoms with E-state index in [0.29, 0.717) is 127 Å². The molecule has 84 heavy (non-hydrogen) atoms. The zero-order valence-electron chi connectivity index (χ0n) is 54.1. The van der Waals surface area contributed by atoms with Crippen LogP contribution in [0.3, 0.4) is 0 Å². The van der Waals surface area contributed by atoms with Crippen molar-refractivity contribution in [3.05, 3.63) is 12.2 Å². The third kappa shape index (κ3) is 24.2. The van der Waals surface area contributed by atoms with Crippen LogP contribution in [0.15, 0.2) is 12.2 Å². The van der Waals surface area contributed by atoms with Crippen molar-refractivity contribution in [1.82, 2.24) is 20.4 Å². The molecule has 0 radical (unpaired) electrons. The summed E-state index contributed by atoms with van der Waals surface area (Å²) >= 11 is 0. The van der Waals surface area contributed by atoms with Gasteiger partial charge in [-0.05, 0) is 162 Å². The van der Waals surface area contributed by atoms with E-state index in [1.807, 2.05) is 4.90 Å². The van der Waals surface area contributed by atoms with E-state index in [-0.39, 0.29) is 73.0 Å². The number of carbonyl (C=O) groups excluding carboxylic acids is 5. The Morgan fingerprint density at radius 2 is 1.26 bits per heavy atom. The highest BCUT2D eigenvalue weighted by Gasteiger charge is 2.60. The molecule has 1 aliphatic heterocycles. The molecule has 5 rings (SSSR count). The van der Waals surface area contributed by atoms with Crippen LogP contribution in [0.1, 0.15) is 233 Å². The topological polar surface area (TPSA) is 182 Å². The van der Waals surface area contributed by atoms with Crippen LogP contribution >= 0.6 is 0 Å². The monoisotopic (exact) mass is 1180 g/mol. The number of allylic oxidation sites excluding steroid dienone is 2. The number of nitrogens with one attached hydrogen (secondary N) is 2. The van der Waals surface area contributed by atoms with Gasteiger partial charge in [-0.1, -0.05) is 104 Å². The summed E-state index contributed by atoms with van der Waals surface area (Å²) in [4.78, 5) is 70.7. The van der Waals surface area contributed by atoms with Crippen molar-refractivity contribution in [2.24, 2.45) is 52.3 Å². The van der Waals surface area contributed by atoms with Crippen molar-refractivity contribution in [1.29, 1.82) is 0 Å². The third-order valence-corrected chi connectivity index (χ3v) is 21.1. The highest BCUT2D eigenvalue weighted by molar-refractivity contribution is 5.89. The number of aliphatic hydroxyl groups is 1. The number of amides is 4. The summed E-state index contributed by atoms with van der Waals surface area (Å²) in [5, 5.41) is 16.1. The Balaban J connectivity index is 1.03. The average Bonchev–Trinajstić information content (AvgIpc) is 2.56. The number of ketones is 1. The van der Waals surface area contributed by atoms with E-state index in [1.165, 1.54) is 120 Å². The lowest BCUT2D eigenvalue weighted by Crippen LogP contribution is -2.55. The molecular weight excluding hydrogens is 1060 g/mol. The first kappa shape index (κ1) is 71.8. The number of likely N-dealkylation sites (tertiary alicyclic amines) is 1. The van der Waals surface area contributed by atoms with Crippen molar-refractivity contribution < 1.29 is 52.8 Å². The second kappa shape index (κ2) is 40.6. The van der Waals surface area contributed by atoms with E-state index in [0.717, 1.165) is 69.6 Å². The normalized spacial score (nSPS) is 26.9. The summed E-state index contributed by atoms with van der Waals surface area (Å²) in [5.41, 5.74) is 0.565. The summed E-state index contributed by atoms with van der Waals surface area (Å²) in [6.45, 7) is 14.0. The fourth-order valence-corrected chi connectivity index (χ4v) is 16.3. The second-order valence-corrected chi connectivity index (χ2v) is 27.1. The Kier molecular flexibility index (Phi) is 34.7. The number of carbonyl (C=O) groups is 5. The van der Waals surface area contributed by atoms with E-state index < -0.39 is 0 Å². The summed E-state index contributed by atoms with van der Waals surface area (Å²) in [5.74, 6) is 3.61. The lowest BCUT2D eigenvalue weighted by Gasteiger charge is -2.61. The highest BCUT2D eigenvalue weighted by Crippen LogP contribution is 2.68. The Labute approximate surface area is 510 Å². The quantitative estimate of drug-likeness (QED) is 0.0390. The molecule has 15 heteroatoms. The van der Waals surface area contributed by atoms with Gasteiger partial charge in [0.15, 0.2) is 5.78 Å². The number of rotatable bonds is 46. The fourth-order valence-electron chi connectivity index (χ4n) is 16.3. The zero-order valence-corrected chi connectivity index (χ0v) is 54.1. The van der Waals surface area contributed by atoms with Crippen LogP contribution in [0.2, 0.25) is 0 Å². The lowest BCUT2D eigenvalue weighted by molar-refractivity contribution is -0.139. The molecule has 0 spiro atoms. The first-order valence-electron chi connectivity index (χ1n) is 34.4. The maximum Gasteiger partial charge on any atom is 0.239 e. The van der Waals surface area contributed by atoms with Gasteiger partial charge in [-0.15, -0.1) is 0 Å². The van der Waals surface area contributed by atoms with Crippen LogP contribution in [0.25, 0.3) is 0 Å². The molecule has 11 atom stereocenters. The Hall–Kier alpha value is -2.95. The van der Waals surface area contributed by atoms with E-state index in [2.05, 4.69) is 50.5 Å². The summed E-state index contributed by atoms with van der Waals surface area (Å²) in [6.07, 6.45) is 38.3. The van der Waals surface area contributed by atoms with Crippen molar-refractivity contribution in [3.8, 4) is 0 Å². The minimum Gasteiger partial charge on any atom is -0.396 e. The van der Waals surface area contributed by atoms with Crippen molar-refractivity contribution in [2.75, 3.05) is 99.9 Å². The number of aliphatic hydroxyl groups excluding tert-OH is 1. The van der Waals surface area contributed by atoms with Gasteiger partial charge in [-0.3, -0.25) is 24.0 Å². The van der Waals surface area contributed by atoms with Crippen LogP contribution in [0, 0.1) is 52.3 Å². The van der Waals surface area contributed by atoms with E-state index >= 15 is 0 Å². The SMILES string of the molecule is CCCCCCCC/C=C\CCCCCCCC(=O)N[C@H]1CC[C@@]2(C)C(CCC3C4CCC(C(C)CCC(=O)N(CC(=O)CCCCCCC(=O)N5C[C@H](CO)C[C@H]5COC)CC(=O)NCCOCCOCCOCCOC)[C@@]4(C)CCC32)C1. The van der Waals surface area contributed by atoms with E-state index in [9.17, 15) is 29.1 Å². The van der Waals surface area contributed by atoms with Gasteiger partial charge >= 0.3 is 0 Å². The van der Waals surface area contributed by atoms with Crippen LogP contribution in [-0.2, 0) is 47.7 Å². The number of Topliss-reactive ketones (excluding diaryl/α,β-unsaturated/α-hetero) is 1. The number of hydrogen-bond acceptors (Lipinski definition) is 11. The van der Waals surface area contributed by atoms with Gasteiger partial charge in [0.05, 0.1) is 72.0 Å². The number of unbranched alkanes of at least 4 members (excludes halogenated alkanes) is 14. The number of hydrogen-bond donors (Lipinski definition) is 3. The zero-order chi connectivity index (χ0) is 60.4. The second-order valence-electron chi connectivity index (χ2n) is 27.1. The standard InChI is InChI=1S/C69H122N4O11/c1-7-8-9-10-11-12-13-14-15-16-17-18-19-20-24-27-64(76)71-57-35-37-68(3)56(48-57)30-31-60-62-33-32-61(69(62,4)38-36-63(60)68)54(2)29-34-66(78)72(51-65(77)70-39-40-82-43-44-84-46-45-83-42-41-80-5)50-59(75)26-23-21-22-25-28-67(79)73-49-55(52-74)47-58(73)53-81-6/h14-15,54-58,60-63,74H,7-13,16-53H2,1-6H3,(H,70,77)(H,71,76)/b15-14-/t54?,55-,56?,57+,58+,60?,61?,62?,63?,68+,69-/m1/s1. The number of nitrogens with zero attached hydrogens (tertiary/aromatic N) is 2. The first-order valence-corrected chi connectivity index (χ1v) is 34.4. The molecular formula is C69H122N4O11. The molecule has 0 aromatic heterocycles. The van der Waals surface area contributed by atoms with Gasteiger partial charge in [0.1, 0.15) is 0 Å². The molecule has 0 bridgehead atoms. The molecule has 5 fully saturated rings. The molecule has 4 amide bonds. The van der Waals surface area contributed by atoms with Crippen LogP contribution in [0.5, 0.6) is 0 Å². The fraction of sp³-hybridized carbons (Fsp3) is 0.899. The third-order valence-electron chi connectivity index (χ3n) is 21.1. The van der Waals surface area contributed by atoms with Crippen molar-refractivity contribution in [2.45, 2.75) is 245 Å². The number of fused-ring (bicyclic) bond motifs is 5. The summed E-state index contributed by atoms with van der Waals surface area (Å²) in [6, 6.07) is 0.308. The number of methoxy groups -OCH3 is 2. The largest absolute Gasteiger partial charge is 0.396 e. The van der Waals surface area contributed by atoms with E-state index in [1.54, 1.807) is 14.2 Å². The molecule has 1 heterocycles. The average molecular weight is 1180 g/mol. The van der Waals surface area contributed by atoms with E-state index in [4.69, 9.17) is 23.7 Å². The van der Waals surface area contributed by atoms with Gasteiger partial charge in [0, 0.05) is 71.6 Å². The van der Waals surface area contributed by atoms with Gasteiger partial charge in [-0.2, -0.15) is 0 Å². The predicted molar refractivity (Wildman–Crippen MR) is 334 cm³/mol. The molecule has 0 aromatic carbocycles. The molecule has 5 aliphatic rings. The Morgan fingerprint density at radius 3 is 1.94 bits per heavy atom. The molecule has 15 nitrogen and oxygen atoms in total.